The summed E-state index contributed by atoms with van der Waals surface area (Å²) in [7, 11) is 0. The SMILES string of the molecule is CCNC(=O)Cc1nccc2nn(Cc3cnc(OCC(F)(F)C(F)F)c(C)c3)cc12. The number of nitrogens with zero attached hydrogens (tertiary/aromatic N) is 4. The van der Waals surface area contributed by atoms with Crippen LogP contribution in [-0.2, 0) is 17.8 Å². The lowest BCUT2D eigenvalue weighted by Gasteiger charge is -2.16. The van der Waals surface area contributed by atoms with Crippen molar-refractivity contribution in [1.29, 1.82) is 0 Å². The standard InChI is InChI=1S/C20H21F4N5O2/c1-3-25-17(30)7-16-14-10-29(28-15(14)4-5-26-16)9-13-6-12(2)18(27-8-13)31-11-20(23,24)19(21)22/h4-6,8,10,19H,3,7,9,11H2,1-2H3,(H,25,30). The van der Waals surface area contributed by atoms with Gasteiger partial charge in [-0.3, -0.25) is 14.5 Å². The zero-order chi connectivity index (χ0) is 22.6. The van der Waals surface area contributed by atoms with Crippen LogP contribution in [0.3, 0.4) is 0 Å². The van der Waals surface area contributed by atoms with E-state index in [9.17, 15) is 22.4 Å². The number of carbonyl (C=O) groups excluding carboxylic acids is 1. The topological polar surface area (TPSA) is 81.9 Å². The molecule has 31 heavy (non-hydrogen) atoms. The molecule has 0 saturated carbocycles. The van der Waals surface area contributed by atoms with Crippen molar-refractivity contribution < 1.29 is 27.1 Å². The second kappa shape index (κ2) is 9.27. The van der Waals surface area contributed by atoms with Crippen LogP contribution < -0.4 is 10.1 Å². The number of rotatable bonds is 9. The van der Waals surface area contributed by atoms with E-state index in [2.05, 4.69) is 20.4 Å². The highest BCUT2D eigenvalue weighted by Gasteiger charge is 2.42. The Morgan fingerprint density at radius 3 is 2.77 bits per heavy atom. The molecule has 7 nitrogen and oxygen atoms in total. The smallest absolute Gasteiger partial charge is 0.340 e. The van der Waals surface area contributed by atoms with Crippen molar-refractivity contribution in [2.45, 2.75) is 39.2 Å². The van der Waals surface area contributed by atoms with Crippen LogP contribution in [0.25, 0.3) is 10.9 Å². The molecular weight excluding hydrogens is 418 g/mol. The Balaban J connectivity index is 1.74. The molecule has 0 aromatic carbocycles. The van der Waals surface area contributed by atoms with Gasteiger partial charge in [0.25, 0.3) is 0 Å². The number of pyridine rings is 2. The van der Waals surface area contributed by atoms with Crippen LogP contribution in [0.5, 0.6) is 5.88 Å². The summed E-state index contributed by atoms with van der Waals surface area (Å²) in [5.41, 5.74) is 2.41. The fourth-order valence-electron chi connectivity index (χ4n) is 2.96. The third-order valence-electron chi connectivity index (χ3n) is 4.42. The van der Waals surface area contributed by atoms with Crippen LogP contribution >= 0.6 is 0 Å². The van der Waals surface area contributed by atoms with Crippen LogP contribution in [-0.4, -0.2) is 51.2 Å². The van der Waals surface area contributed by atoms with E-state index in [1.807, 2.05) is 6.92 Å². The van der Waals surface area contributed by atoms with Crippen molar-refractivity contribution in [2.75, 3.05) is 13.2 Å². The van der Waals surface area contributed by atoms with Gasteiger partial charge in [-0.1, -0.05) is 0 Å². The van der Waals surface area contributed by atoms with Gasteiger partial charge >= 0.3 is 12.3 Å². The van der Waals surface area contributed by atoms with Crippen LogP contribution in [0.1, 0.15) is 23.7 Å². The Hall–Kier alpha value is -3.24. The van der Waals surface area contributed by atoms with Gasteiger partial charge in [-0.05, 0) is 31.5 Å². The summed E-state index contributed by atoms with van der Waals surface area (Å²) < 4.78 is 57.0. The fraction of sp³-hybridized carbons (Fsp3) is 0.400. The minimum Gasteiger partial charge on any atom is -0.471 e. The molecule has 0 radical (unpaired) electrons. The van der Waals surface area contributed by atoms with E-state index in [0.717, 1.165) is 5.39 Å². The number of halogens is 4. The molecule has 0 spiro atoms. The summed E-state index contributed by atoms with van der Waals surface area (Å²) in [6.45, 7) is 2.81. The summed E-state index contributed by atoms with van der Waals surface area (Å²) in [4.78, 5) is 20.1. The second-order valence-electron chi connectivity index (χ2n) is 6.96. The molecule has 0 bridgehead atoms. The minimum absolute atomic E-state index is 0.132. The van der Waals surface area contributed by atoms with E-state index in [0.29, 0.717) is 35.4 Å². The van der Waals surface area contributed by atoms with Crippen molar-refractivity contribution >= 4 is 16.8 Å². The Labute approximate surface area is 175 Å². The average Bonchev–Trinajstić information content (AvgIpc) is 3.11. The van der Waals surface area contributed by atoms with Crippen molar-refractivity contribution in [1.82, 2.24) is 25.1 Å². The van der Waals surface area contributed by atoms with Gasteiger partial charge < -0.3 is 10.1 Å². The first-order chi connectivity index (χ1) is 14.7. The number of fused-ring (bicyclic) bond motifs is 1. The van der Waals surface area contributed by atoms with Gasteiger partial charge in [-0.25, -0.2) is 13.8 Å². The molecule has 0 aliphatic heterocycles. The van der Waals surface area contributed by atoms with Crippen molar-refractivity contribution in [3.05, 3.63) is 47.5 Å². The van der Waals surface area contributed by atoms with E-state index in [4.69, 9.17) is 4.74 Å². The van der Waals surface area contributed by atoms with E-state index in [1.54, 1.807) is 36.1 Å². The van der Waals surface area contributed by atoms with Gasteiger partial charge in [-0.2, -0.15) is 13.9 Å². The van der Waals surface area contributed by atoms with Crippen LogP contribution in [0.15, 0.2) is 30.7 Å². The van der Waals surface area contributed by atoms with E-state index in [-0.39, 0.29) is 18.2 Å². The van der Waals surface area contributed by atoms with Gasteiger partial charge in [0.15, 0.2) is 6.61 Å². The molecule has 0 fully saturated rings. The lowest BCUT2D eigenvalue weighted by Crippen LogP contribution is -2.34. The zero-order valence-corrected chi connectivity index (χ0v) is 16.9. The predicted octanol–water partition coefficient (Wildman–Crippen LogP) is 3.14. The summed E-state index contributed by atoms with van der Waals surface area (Å²) in [6, 6.07) is 3.39. The van der Waals surface area contributed by atoms with Gasteiger partial charge in [0.2, 0.25) is 11.8 Å². The molecule has 0 atom stereocenters. The molecule has 0 unspecified atom stereocenters. The largest absolute Gasteiger partial charge is 0.471 e. The molecule has 0 aliphatic carbocycles. The van der Waals surface area contributed by atoms with E-state index in [1.165, 1.54) is 6.20 Å². The highest BCUT2D eigenvalue weighted by molar-refractivity contribution is 5.86. The normalized spacial score (nSPS) is 11.8. The number of ether oxygens (including phenoxy) is 1. The van der Waals surface area contributed by atoms with Crippen molar-refractivity contribution in [3.8, 4) is 5.88 Å². The molecule has 11 heteroatoms. The third-order valence-corrected chi connectivity index (χ3v) is 4.42. The maximum Gasteiger partial charge on any atom is 0.340 e. The molecule has 1 N–H and O–H groups in total. The molecule has 0 aliphatic rings. The lowest BCUT2D eigenvalue weighted by atomic mass is 10.2. The molecule has 3 rings (SSSR count). The highest BCUT2D eigenvalue weighted by atomic mass is 19.3. The van der Waals surface area contributed by atoms with Gasteiger partial charge in [0.1, 0.15) is 0 Å². The Bertz CT molecular complexity index is 1070. The number of nitrogens with one attached hydrogen (secondary N) is 1. The quantitative estimate of drug-likeness (QED) is 0.518. The molecule has 166 valence electrons. The van der Waals surface area contributed by atoms with Gasteiger partial charge in [-0.15, -0.1) is 0 Å². The fourth-order valence-corrected chi connectivity index (χ4v) is 2.96. The number of aromatic nitrogens is 4. The molecule has 3 heterocycles. The number of likely N-dealkylation sites (N-methyl/N-ethyl adjacent to an activating group) is 1. The first-order valence-electron chi connectivity index (χ1n) is 9.51. The number of carbonyl (C=O) groups is 1. The third kappa shape index (κ3) is 5.47. The van der Waals surface area contributed by atoms with E-state index < -0.39 is 19.0 Å². The van der Waals surface area contributed by atoms with E-state index >= 15 is 0 Å². The Morgan fingerprint density at radius 1 is 1.32 bits per heavy atom. The van der Waals surface area contributed by atoms with Crippen LogP contribution in [0.4, 0.5) is 17.6 Å². The summed E-state index contributed by atoms with van der Waals surface area (Å²) in [5.74, 6) is -4.52. The van der Waals surface area contributed by atoms with Gasteiger partial charge in [0, 0.05) is 36.1 Å². The summed E-state index contributed by atoms with van der Waals surface area (Å²) >= 11 is 0. The van der Waals surface area contributed by atoms with Crippen molar-refractivity contribution in [2.24, 2.45) is 0 Å². The number of alkyl halides is 4. The minimum atomic E-state index is -4.25. The number of amides is 1. The monoisotopic (exact) mass is 439 g/mol. The highest BCUT2D eigenvalue weighted by Crippen LogP contribution is 2.25. The second-order valence-corrected chi connectivity index (χ2v) is 6.96. The Kier molecular flexibility index (Phi) is 6.71. The summed E-state index contributed by atoms with van der Waals surface area (Å²) in [5, 5.41) is 7.94. The molecular formula is C20H21F4N5O2. The zero-order valence-electron chi connectivity index (χ0n) is 16.9. The van der Waals surface area contributed by atoms with Gasteiger partial charge in [0.05, 0.1) is 24.2 Å². The predicted molar refractivity (Wildman–Crippen MR) is 104 cm³/mol. The van der Waals surface area contributed by atoms with Crippen LogP contribution in [0.2, 0.25) is 0 Å². The number of aryl methyl sites for hydroxylation is 1. The Morgan fingerprint density at radius 2 is 2.10 bits per heavy atom. The molecule has 0 saturated heterocycles. The molecule has 3 aromatic rings. The lowest BCUT2D eigenvalue weighted by molar-refractivity contribution is -0.148. The molecule has 1 amide bonds. The van der Waals surface area contributed by atoms with Crippen molar-refractivity contribution in [3.63, 3.8) is 0 Å². The average molecular weight is 439 g/mol. The first-order valence-corrected chi connectivity index (χ1v) is 9.51. The first kappa shape index (κ1) is 22.4. The van der Waals surface area contributed by atoms with Crippen LogP contribution in [0, 0.1) is 6.92 Å². The molecule has 3 aromatic heterocycles. The summed E-state index contributed by atoms with van der Waals surface area (Å²) in [6.07, 6.45) is 1.07. The maximum absolute atomic E-state index is 13.0. The number of hydrogen-bond donors (Lipinski definition) is 1. The maximum atomic E-state index is 13.0. The number of hydrogen-bond acceptors (Lipinski definition) is 5.